The van der Waals surface area contributed by atoms with Crippen LogP contribution in [0.4, 0.5) is 0 Å². The molecule has 0 saturated heterocycles. The molecule has 1 fully saturated rings. The summed E-state index contributed by atoms with van der Waals surface area (Å²) in [5, 5.41) is 3.49. The van der Waals surface area contributed by atoms with Crippen LogP contribution in [0.15, 0.2) is 0 Å². The highest BCUT2D eigenvalue weighted by Gasteiger charge is 2.37. The van der Waals surface area contributed by atoms with Crippen LogP contribution in [0.2, 0.25) is 0 Å². The van der Waals surface area contributed by atoms with E-state index in [2.05, 4.69) is 33.0 Å². The molecule has 0 bridgehead atoms. The summed E-state index contributed by atoms with van der Waals surface area (Å²) in [5.74, 6) is 0.755. The monoisotopic (exact) mass is 227 g/mol. The van der Waals surface area contributed by atoms with Crippen LogP contribution in [0.25, 0.3) is 0 Å². The Morgan fingerprint density at radius 2 is 1.88 bits per heavy atom. The van der Waals surface area contributed by atoms with Crippen molar-refractivity contribution in [2.45, 2.75) is 71.4 Å². The van der Waals surface area contributed by atoms with Gasteiger partial charge in [-0.15, -0.1) is 0 Å². The van der Waals surface area contributed by atoms with E-state index in [-0.39, 0.29) is 5.60 Å². The Morgan fingerprint density at radius 3 is 2.31 bits per heavy atom. The van der Waals surface area contributed by atoms with Gasteiger partial charge in [0.25, 0.3) is 0 Å². The molecule has 1 saturated carbocycles. The van der Waals surface area contributed by atoms with E-state index in [0.29, 0.717) is 6.04 Å². The first kappa shape index (κ1) is 14.0. The second kappa shape index (κ2) is 6.61. The summed E-state index contributed by atoms with van der Waals surface area (Å²) in [6, 6.07) is 0.591. The van der Waals surface area contributed by atoms with E-state index < -0.39 is 0 Å². The van der Waals surface area contributed by atoms with Crippen LogP contribution in [-0.2, 0) is 4.74 Å². The highest BCUT2D eigenvalue weighted by molar-refractivity contribution is 4.90. The van der Waals surface area contributed by atoms with Gasteiger partial charge in [-0.3, -0.25) is 0 Å². The second-order valence-corrected chi connectivity index (χ2v) is 5.93. The van der Waals surface area contributed by atoms with E-state index >= 15 is 0 Å². The lowest BCUT2D eigenvalue weighted by molar-refractivity contribution is -0.107. The Kier molecular flexibility index (Phi) is 5.77. The highest BCUT2D eigenvalue weighted by Crippen LogP contribution is 2.38. The molecule has 0 radical (unpaired) electrons. The first-order valence-corrected chi connectivity index (χ1v) is 6.91. The smallest absolute Gasteiger partial charge is 0.0694 e. The molecule has 0 atom stereocenters. The van der Waals surface area contributed by atoms with Crippen molar-refractivity contribution in [3.8, 4) is 0 Å². The molecule has 96 valence electrons. The summed E-state index contributed by atoms with van der Waals surface area (Å²) >= 11 is 0. The van der Waals surface area contributed by atoms with Crippen LogP contribution < -0.4 is 5.32 Å². The maximum Gasteiger partial charge on any atom is 0.0694 e. The van der Waals surface area contributed by atoms with Crippen LogP contribution in [-0.4, -0.2) is 24.8 Å². The predicted molar refractivity (Wildman–Crippen MR) is 69.7 cm³/mol. The Hall–Kier alpha value is -0.0800. The molecule has 1 rings (SSSR count). The van der Waals surface area contributed by atoms with Crippen molar-refractivity contribution in [2.24, 2.45) is 5.92 Å². The maximum absolute atomic E-state index is 6.12. The van der Waals surface area contributed by atoms with Gasteiger partial charge in [0.1, 0.15) is 0 Å². The van der Waals surface area contributed by atoms with Crippen LogP contribution >= 0.6 is 0 Å². The quantitative estimate of drug-likeness (QED) is 0.686. The van der Waals surface area contributed by atoms with Crippen molar-refractivity contribution in [1.82, 2.24) is 5.32 Å². The molecular formula is C14H29NO. The fraction of sp³-hybridized carbons (Fsp3) is 1.00. The van der Waals surface area contributed by atoms with Gasteiger partial charge in [0, 0.05) is 12.6 Å². The second-order valence-electron chi connectivity index (χ2n) is 5.93. The first-order valence-electron chi connectivity index (χ1n) is 6.91. The Morgan fingerprint density at radius 1 is 1.19 bits per heavy atom. The Bertz CT molecular complexity index is 169. The summed E-state index contributed by atoms with van der Waals surface area (Å²) in [6.07, 6.45) is 6.27. The zero-order valence-electron chi connectivity index (χ0n) is 11.5. The van der Waals surface area contributed by atoms with Crippen LogP contribution in [0.1, 0.15) is 59.8 Å². The fourth-order valence-electron chi connectivity index (χ4n) is 2.14. The summed E-state index contributed by atoms with van der Waals surface area (Å²) in [4.78, 5) is 0. The zero-order chi connectivity index (χ0) is 12.0. The number of ether oxygens (including phenoxy) is 1. The third kappa shape index (κ3) is 4.84. The van der Waals surface area contributed by atoms with Crippen molar-refractivity contribution >= 4 is 0 Å². The lowest BCUT2D eigenvalue weighted by Crippen LogP contribution is -2.43. The lowest BCUT2D eigenvalue weighted by atomic mass is 9.77. The van der Waals surface area contributed by atoms with E-state index in [1.54, 1.807) is 0 Å². The molecule has 0 aromatic carbocycles. The molecule has 0 spiro atoms. The molecule has 16 heavy (non-hydrogen) atoms. The first-order chi connectivity index (χ1) is 7.54. The van der Waals surface area contributed by atoms with Crippen molar-refractivity contribution in [3.05, 3.63) is 0 Å². The molecule has 1 N–H and O–H groups in total. The van der Waals surface area contributed by atoms with Crippen molar-refractivity contribution in [1.29, 1.82) is 0 Å². The molecule has 2 nitrogen and oxygen atoms in total. The fourth-order valence-corrected chi connectivity index (χ4v) is 2.14. The molecule has 2 heteroatoms. The average molecular weight is 227 g/mol. The van der Waals surface area contributed by atoms with E-state index in [1.165, 1.54) is 32.1 Å². The number of hydrogen-bond acceptors (Lipinski definition) is 2. The van der Waals surface area contributed by atoms with Crippen LogP contribution in [0, 0.1) is 5.92 Å². The van der Waals surface area contributed by atoms with Gasteiger partial charge in [0.2, 0.25) is 0 Å². The van der Waals surface area contributed by atoms with Gasteiger partial charge in [-0.1, -0.05) is 27.7 Å². The summed E-state index contributed by atoms with van der Waals surface area (Å²) in [5.41, 5.74) is 0.233. The van der Waals surface area contributed by atoms with Gasteiger partial charge in [0.15, 0.2) is 0 Å². The summed E-state index contributed by atoms with van der Waals surface area (Å²) in [7, 11) is 0. The van der Waals surface area contributed by atoms with Gasteiger partial charge in [-0.2, -0.15) is 0 Å². The van der Waals surface area contributed by atoms with Gasteiger partial charge < -0.3 is 10.1 Å². The average Bonchev–Trinajstić information content (AvgIpc) is 2.11. The van der Waals surface area contributed by atoms with E-state index in [0.717, 1.165) is 19.1 Å². The minimum Gasteiger partial charge on any atom is -0.375 e. The molecule has 0 unspecified atom stereocenters. The summed E-state index contributed by atoms with van der Waals surface area (Å²) < 4.78 is 6.12. The summed E-state index contributed by atoms with van der Waals surface area (Å²) in [6.45, 7) is 11.0. The minimum absolute atomic E-state index is 0.233. The normalized spacial score (nSPS) is 19.1. The van der Waals surface area contributed by atoms with Gasteiger partial charge in [-0.05, 0) is 44.6 Å². The zero-order valence-corrected chi connectivity index (χ0v) is 11.5. The number of nitrogens with one attached hydrogen (secondary N) is 1. The molecular weight excluding hydrogens is 198 g/mol. The largest absolute Gasteiger partial charge is 0.375 e. The Labute approximate surface area is 101 Å². The highest BCUT2D eigenvalue weighted by atomic mass is 16.5. The van der Waals surface area contributed by atoms with Gasteiger partial charge >= 0.3 is 0 Å². The molecule has 0 aromatic heterocycles. The molecule has 0 aromatic rings. The van der Waals surface area contributed by atoms with Crippen molar-refractivity contribution in [2.75, 3.05) is 13.2 Å². The number of hydrogen-bond donors (Lipinski definition) is 1. The molecule has 1 aliphatic carbocycles. The minimum atomic E-state index is 0.233. The van der Waals surface area contributed by atoms with Gasteiger partial charge in [0.05, 0.1) is 5.60 Å². The van der Waals surface area contributed by atoms with Crippen LogP contribution in [0.5, 0.6) is 0 Å². The van der Waals surface area contributed by atoms with Crippen LogP contribution in [0.3, 0.4) is 0 Å². The van der Waals surface area contributed by atoms with E-state index in [4.69, 9.17) is 4.74 Å². The van der Waals surface area contributed by atoms with Gasteiger partial charge in [-0.25, -0.2) is 0 Å². The SMILES string of the molecule is CC(C)CCOC1(CCNC(C)C)CCC1. The lowest BCUT2D eigenvalue weighted by Gasteiger charge is -2.42. The van der Waals surface area contributed by atoms with E-state index in [1.807, 2.05) is 0 Å². The maximum atomic E-state index is 6.12. The Balaban J connectivity index is 2.17. The predicted octanol–water partition coefficient (Wildman–Crippen LogP) is 3.36. The molecule has 0 heterocycles. The van der Waals surface area contributed by atoms with E-state index in [9.17, 15) is 0 Å². The molecule has 1 aliphatic rings. The van der Waals surface area contributed by atoms with Crippen molar-refractivity contribution < 1.29 is 4.74 Å². The molecule has 0 aliphatic heterocycles. The molecule has 0 amide bonds. The standard InChI is InChI=1S/C14H29NO/c1-12(2)6-11-16-14(7-5-8-14)9-10-15-13(3)4/h12-13,15H,5-11H2,1-4H3. The van der Waals surface area contributed by atoms with Crippen molar-refractivity contribution in [3.63, 3.8) is 0 Å². The topological polar surface area (TPSA) is 21.3 Å². The number of rotatable bonds is 8. The third-order valence-corrected chi connectivity index (χ3v) is 3.50. The third-order valence-electron chi connectivity index (χ3n) is 3.50.